The van der Waals surface area contributed by atoms with Crippen molar-refractivity contribution in [3.8, 4) is 0 Å². The normalized spacial score (nSPS) is 13.0. The molecule has 0 aliphatic rings. The molecule has 10 nitrogen and oxygen atoms in total. The summed E-state index contributed by atoms with van der Waals surface area (Å²) in [6.07, 6.45) is 0.779. The van der Waals surface area contributed by atoms with E-state index in [-0.39, 0.29) is 31.3 Å². The molecule has 0 aliphatic heterocycles. The molecule has 3 amide bonds. The Labute approximate surface area is 177 Å². The van der Waals surface area contributed by atoms with E-state index in [9.17, 15) is 24.0 Å². The van der Waals surface area contributed by atoms with Gasteiger partial charge in [-0.3, -0.25) is 19.2 Å². The van der Waals surface area contributed by atoms with Crippen LogP contribution in [0.3, 0.4) is 0 Å². The first-order valence-corrected chi connectivity index (χ1v) is 9.94. The van der Waals surface area contributed by atoms with Gasteiger partial charge in [0.1, 0.15) is 17.6 Å². The third kappa shape index (κ3) is 10.1. The van der Waals surface area contributed by atoms with E-state index in [4.69, 9.17) is 10.1 Å². The Balaban J connectivity index is 5.48. The number of carbonyl (C=O) groups excluding carboxylic acids is 5. The smallest absolute Gasteiger partial charge is 0.331 e. The fourth-order valence-electron chi connectivity index (χ4n) is 2.61. The highest BCUT2D eigenvalue weighted by atomic mass is 16.5. The van der Waals surface area contributed by atoms with Gasteiger partial charge in [-0.05, 0) is 39.5 Å². The third-order valence-corrected chi connectivity index (χ3v) is 4.10. The zero-order valence-electron chi connectivity index (χ0n) is 18.6. The topological polar surface area (TPSA) is 155 Å². The van der Waals surface area contributed by atoms with E-state index in [1.807, 2.05) is 13.8 Å². The zero-order valence-corrected chi connectivity index (χ0v) is 18.6. The average Bonchev–Trinajstić information content (AvgIpc) is 2.62. The van der Waals surface area contributed by atoms with Crippen molar-refractivity contribution < 1.29 is 28.7 Å². The van der Waals surface area contributed by atoms with E-state index in [2.05, 4.69) is 16.0 Å². The Morgan fingerprint density at radius 3 is 2.10 bits per heavy atom. The predicted octanol–water partition coefficient (Wildman–Crippen LogP) is 0.479. The minimum Gasteiger partial charge on any atom is -0.464 e. The molecule has 0 saturated heterocycles. The van der Waals surface area contributed by atoms with Crippen LogP contribution in [0.25, 0.3) is 0 Å². The van der Waals surface area contributed by atoms with Gasteiger partial charge < -0.3 is 26.1 Å². The summed E-state index contributed by atoms with van der Waals surface area (Å²) in [5.74, 6) is -2.69. The Morgan fingerprint density at radius 1 is 1.03 bits per heavy atom. The Kier molecular flexibility index (Phi) is 11.5. The largest absolute Gasteiger partial charge is 0.464 e. The molecule has 0 aromatic rings. The molecule has 10 heteroatoms. The molecule has 0 aromatic heterocycles. The van der Waals surface area contributed by atoms with Crippen molar-refractivity contribution in [2.24, 2.45) is 5.92 Å². The quantitative estimate of drug-likeness (QED) is 0.248. The second-order valence-electron chi connectivity index (χ2n) is 7.93. The highest BCUT2D eigenvalue weighted by molar-refractivity contribution is 6.26. The van der Waals surface area contributed by atoms with Gasteiger partial charge in [-0.15, -0.1) is 0 Å². The van der Waals surface area contributed by atoms with Crippen molar-refractivity contribution in [3.05, 3.63) is 0 Å². The minimum absolute atomic E-state index is 0.0703. The number of nitrogens with one attached hydrogen (secondary N) is 4. The number of ether oxygens (including phenoxy) is 1. The number of Topliss-reactive ketones (excluding diaryl/α,β-unsaturated/α-hetero) is 1. The first kappa shape index (κ1) is 27.2. The van der Waals surface area contributed by atoms with Crippen LogP contribution in [0, 0.1) is 11.3 Å². The highest BCUT2D eigenvalue weighted by Crippen LogP contribution is 2.10. The maximum atomic E-state index is 12.8. The number of hydrogen-bond donors (Lipinski definition) is 4. The van der Waals surface area contributed by atoms with E-state index in [1.165, 1.54) is 20.8 Å². The van der Waals surface area contributed by atoms with Crippen molar-refractivity contribution >= 4 is 35.7 Å². The number of amides is 3. The summed E-state index contributed by atoms with van der Waals surface area (Å²) in [5, 5.41) is 14.6. The number of ketones is 1. The van der Waals surface area contributed by atoms with Crippen molar-refractivity contribution in [2.45, 2.75) is 78.4 Å². The van der Waals surface area contributed by atoms with Crippen LogP contribution >= 0.6 is 0 Å². The maximum Gasteiger partial charge on any atom is 0.331 e. The van der Waals surface area contributed by atoms with Crippen molar-refractivity contribution in [3.63, 3.8) is 0 Å². The van der Waals surface area contributed by atoms with Crippen LogP contribution in [-0.2, 0) is 28.7 Å². The molecule has 0 spiro atoms. The van der Waals surface area contributed by atoms with E-state index in [1.54, 1.807) is 6.92 Å². The number of esters is 1. The molecule has 170 valence electrons. The van der Waals surface area contributed by atoms with E-state index < -0.39 is 41.2 Å². The summed E-state index contributed by atoms with van der Waals surface area (Å²) in [4.78, 5) is 60.5. The summed E-state index contributed by atoms with van der Waals surface area (Å²) in [6.45, 7) is 9.76. The van der Waals surface area contributed by atoms with Gasteiger partial charge in [0.15, 0.2) is 5.78 Å². The predicted molar refractivity (Wildman–Crippen MR) is 111 cm³/mol. The lowest BCUT2D eigenvalue weighted by atomic mass is 10.0. The van der Waals surface area contributed by atoms with Crippen molar-refractivity contribution in [1.29, 1.82) is 5.41 Å². The average molecular weight is 427 g/mol. The molecule has 2 atom stereocenters. The van der Waals surface area contributed by atoms with Gasteiger partial charge in [0.25, 0.3) is 0 Å². The number of carbonyl (C=O) groups is 5. The molecule has 0 aliphatic carbocycles. The van der Waals surface area contributed by atoms with Gasteiger partial charge in [0.2, 0.25) is 17.7 Å². The summed E-state index contributed by atoms with van der Waals surface area (Å²) in [6, 6.07) is -1.99. The lowest BCUT2D eigenvalue weighted by Crippen LogP contribution is -2.59. The molecule has 0 fully saturated rings. The highest BCUT2D eigenvalue weighted by Gasteiger charge is 2.35. The molecule has 0 unspecified atom stereocenters. The van der Waals surface area contributed by atoms with Crippen LogP contribution in [0.5, 0.6) is 0 Å². The van der Waals surface area contributed by atoms with Crippen LogP contribution in [0.15, 0.2) is 0 Å². The monoisotopic (exact) mass is 426 g/mol. The van der Waals surface area contributed by atoms with Crippen LogP contribution < -0.4 is 16.0 Å². The Hall–Kier alpha value is -2.78. The summed E-state index contributed by atoms with van der Waals surface area (Å²) in [7, 11) is 0. The van der Waals surface area contributed by atoms with Crippen LogP contribution in [0.2, 0.25) is 0 Å². The first-order chi connectivity index (χ1) is 13.8. The molecule has 4 N–H and O–H groups in total. The van der Waals surface area contributed by atoms with Crippen molar-refractivity contribution in [2.75, 3.05) is 6.61 Å². The van der Waals surface area contributed by atoms with E-state index >= 15 is 0 Å². The SMILES string of the molecule is CCOC(=O)C(C)(C)NC(=O)[C@H](CCC(=O)C=N)NC(=O)[C@H](CC(C)C)NC(C)=O. The van der Waals surface area contributed by atoms with Crippen LogP contribution in [0.4, 0.5) is 0 Å². The third-order valence-electron chi connectivity index (χ3n) is 4.10. The second kappa shape index (κ2) is 12.7. The van der Waals surface area contributed by atoms with Crippen LogP contribution in [-0.4, -0.2) is 59.9 Å². The number of hydrogen-bond acceptors (Lipinski definition) is 7. The minimum atomic E-state index is -1.35. The van der Waals surface area contributed by atoms with Gasteiger partial charge in [0, 0.05) is 13.3 Å². The molecule has 0 bridgehead atoms. The first-order valence-electron chi connectivity index (χ1n) is 9.94. The van der Waals surface area contributed by atoms with Gasteiger partial charge >= 0.3 is 5.97 Å². The molecular formula is C20H34N4O6. The number of rotatable bonds is 13. The lowest BCUT2D eigenvalue weighted by molar-refractivity contribution is -0.152. The standard InChI is InChI=1S/C20H34N4O6/c1-7-30-19(29)20(5,6)24-18(28)15(9-8-14(26)11-21)23-17(27)16(10-12(2)3)22-13(4)25/h11-12,15-16,21H,7-10H2,1-6H3,(H,22,25)(H,23,27)(H,24,28)/t15-,16-/m0/s1. The van der Waals surface area contributed by atoms with Gasteiger partial charge in [0.05, 0.1) is 12.8 Å². The van der Waals surface area contributed by atoms with Gasteiger partial charge in [-0.2, -0.15) is 0 Å². The fourth-order valence-corrected chi connectivity index (χ4v) is 2.61. The summed E-state index contributed by atoms with van der Waals surface area (Å²) in [5.41, 5.74) is -1.35. The molecule has 0 rings (SSSR count). The fraction of sp³-hybridized carbons (Fsp3) is 0.700. The van der Waals surface area contributed by atoms with Crippen molar-refractivity contribution in [1.82, 2.24) is 16.0 Å². The van der Waals surface area contributed by atoms with E-state index in [0.29, 0.717) is 12.6 Å². The Bertz CT molecular complexity index is 660. The van der Waals surface area contributed by atoms with Gasteiger partial charge in [-0.25, -0.2) is 4.79 Å². The Morgan fingerprint density at radius 2 is 1.63 bits per heavy atom. The molecule has 30 heavy (non-hydrogen) atoms. The second-order valence-corrected chi connectivity index (χ2v) is 7.93. The maximum absolute atomic E-state index is 12.8. The molecule has 0 heterocycles. The zero-order chi connectivity index (χ0) is 23.5. The van der Waals surface area contributed by atoms with Crippen LogP contribution in [0.1, 0.15) is 60.8 Å². The summed E-state index contributed by atoms with van der Waals surface area (Å²) >= 11 is 0. The molecular weight excluding hydrogens is 392 g/mol. The van der Waals surface area contributed by atoms with E-state index in [0.717, 1.165) is 0 Å². The molecule has 0 aromatic carbocycles. The molecule has 0 radical (unpaired) electrons. The summed E-state index contributed by atoms with van der Waals surface area (Å²) < 4.78 is 4.94. The van der Waals surface area contributed by atoms with Gasteiger partial charge in [-0.1, -0.05) is 13.8 Å². The molecule has 0 saturated carbocycles. The lowest BCUT2D eigenvalue weighted by Gasteiger charge is -2.28.